The van der Waals surface area contributed by atoms with Crippen LogP contribution < -0.4 is 10.1 Å². The third-order valence-electron chi connectivity index (χ3n) is 4.66. The van der Waals surface area contributed by atoms with Gasteiger partial charge in [-0.05, 0) is 53.8 Å². The highest BCUT2D eigenvalue weighted by Crippen LogP contribution is 2.35. The van der Waals surface area contributed by atoms with Crippen LogP contribution in [0, 0.1) is 6.92 Å². The molecule has 0 bridgehead atoms. The Balaban J connectivity index is 1.57. The van der Waals surface area contributed by atoms with E-state index >= 15 is 0 Å². The minimum absolute atomic E-state index is 0.0173. The summed E-state index contributed by atoms with van der Waals surface area (Å²) < 4.78 is 11.1. The van der Waals surface area contributed by atoms with Crippen molar-refractivity contribution >= 4 is 17.2 Å². The fourth-order valence-corrected chi connectivity index (χ4v) is 3.86. The monoisotopic (exact) mass is 345 g/mol. The van der Waals surface area contributed by atoms with Crippen LogP contribution in [0.3, 0.4) is 0 Å². The average Bonchev–Trinajstić information content (AvgIpc) is 3.15. The molecular formula is C19H23NO3S. The van der Waals surface area contributed by atoms with Crippen LogP contribution in [0.15, 0.2) is 41.1 Å². The molecule has 0 unspecified atom stereocenters. The molecular weight excluding hydrogens is 322 g/mol. The molecule has 2 aromatic rings. The number of rotatable bonds is 6. The van der Waals surface area contributed by atoms with E-state index in [4.69, 9.17) is 9.47 Å². The van der Waals surface area contributed by atoms with Crippen molar-refractivity contribution in [1.29, 1.82) is 0 Å². The number of hydrogen-bond acceptors (Lipinski definition) is 4. The third kappa shape index (κ3) is 3.97. The Morgan fingerprint density at radius 2 is 2.08 bits per heavy atom. The lowest BCUT2D eigenvalue weighted by atomic mass is 9.75. The highest BCUT2D eigenvalue weighted by atomic mass is 32.1. The van der Waals surface area contributed by atoms with E-state index in [1.807, 2.05) is 31.2 Å². The second kappa shape index (κ2) is 7.81. The molecule has 4 nitrogen and oxygen atoms in total. The molecule has 1 aromatic carbocycles. The van der Waals surface area contributed by atoms with Gasteiger partial charge in [0.15, 0.2) is 6.61 Å². The molecule has 0 aliphatic carbocycles. The van der Waals surface area contributed by atoms with Gasteiger partial charge in [0.25, 0.3) is 5.91 Å². The summed E-state index contributed by atoms with van der Waals surface area (Å²) in [5.74, 6) is 0.672. The minimum atomic E-state index is -0.0839. The smallest absolute Gasteiger partial charge is 0.257 e. The number of carbonyl (C=O) groups is 1. The summed E-state index contributed by atoms with van der Waals surface area (Å²) in [7, 11) is 0. The number of nitrogens with one attached hydrogen (secondary N) is 1. The number of aryl methyl sites for hydroxylation is 1. The highest BCUT2D eigenvalue weighted by Gasteiger charge is 2.35. The van der Waals surface area contributed by atoms with Crippen LogP contribution in [0.2, 0.25) is 0 Å². The van der Waals surface area contributed by atoms with Crippen molar-refractivity contribution in [2.24, 2.45) is 0 Å². The van der Waals surface area contributed by atoms with Crippen molar-refractivity contribution in [3.05, 3.63) is 52.2 Å². The second-order valence-corrected chi connectivity index (χ2v) is 7.02. The molecule has 1 fully saturated rings. The molecule has 0 radical (unpaired) electrons. The number of ether oxygens (including phenoxy) is 2. The zero-order chi connectivity index (χ0) is 16.8. The van der Waals surface area contributed by atoms with Crippen molar-refractivity contribution in [3.8, 4) is 5.75 Å². The van der Waals surface area contributed by atoms with Crippen molar-refractivity contribution in [2.75, 3.05) is 26.4 Å². The maximum absolute atomic E-state index is 12.2. The van der Waals surface area contributed by atoms with Gasteiger partial charge in [-0.1, -0.05) is 18.2 Å². The van der Waals surface area contributed by atoms with Crippen LogP contribution in [0.1, 0.15) is 24.0 Å². The molecule has 128 valence electrons. The molecule has 1 N–H and O–H groups in total. The van der Waals surface area contributed by atoms with Gasteiger partial charge in [0.1, 0.15) is 5.75 Å². The van der Waals surface area contributed by atoms with E-state index in [0.29, 0.717) is 6.54 Å². The average molecular weight is 345 g/mol. The first-order valence-corrected chi connectivity index (χ1v) is 9.19. The van der Waals surface area contributed by atoms with Gasteiger partial charge in [-0.2, -0.15) is 11.3 Å². The molecule has 3 rings (SSSR count). The summed E-state index contributed by atoms with van der Waals surface area (Å²) >= 11 is 1.70. The van der Waals surface area contributed by atoms with Crippen molar-refractivity contribution in [3.63, 3.8) is 0 Å². The number of para-hydroxylation sites is 1. The molecule has 0 spiro atoms. The maximum Gasteiger partial charge on any atom is 0.257 e. The number of carbonyl (C=O) groups excluding carboxylic acids is 1. The molecule has 5 heteroatoms. The normalized spacial score (nSPS) is 16.5. The van der Waals surface area contributed by atoms with Crippen molar-refractivity contribution in [2.45, 2.75) is 25.2 Å². The number of amides is 1. The SMILES string of the molecule is Cc1ccccc1OCC(=O)NCC1(c2ccsc2)CCOCC1. The quantitative estimate of drug-likeness (QED) is 0.874. The van der Waals surface area contributed by atoms with Gasteiger partial charge < -0.3 is 14.8 Å². The van der Waals surface area contributed by atoms with Crippen LogP contribution in [-0.4, -0.2) is 32.3 Å². The van der Waals surface area contributed by atoms with Gasteiger partial charge in [-0.25, -0.2) is 0 Å². The lowest BCUT2D eigenvalue weighted by Gasteiger charge is -2.37. The zero-order valence-corrected chi connectivity index (χ0v) is 14.7. The Labute approximate surface area is 146 Å². The Morgan fingerprint density at radius 3 is 2.79 bits per heavy atom. The minimum Gasteiger partial charge on any atom is -0.484 e. The third-order valence-corrected chi connectivity index (χ3v) is 5.34. The molecule has 1 aliphatic rings. The lowest BCUT2D eigenvalue weighted by molar-refractivity contribution is -0.123. The summed E-state index contributed by atoms with van der Waals surface area (Å²) in [4.78, 5) is 12.2. The fourth-order valence-electron chi connectivity index (χ4n) is 3.08. The summed E-state index contributed by atoms with van der Waals surface area (Å²) in [6, 6.07) is 9.88. The summed E-state index contributed by atoms with van der Waals surface area (Å²) in [5, 5.41) is 7.33. The molecule has 1 aromatic heterocycles. The van der Waals surface area contributed by atoms with E-state index in [9.17, 15) is 4.79 Å². The lowest BCUT2D eigenvalue weighted by Crippen LogP contribution is -2.45. The maximum atomic E-state index is 12.2. The first-order valence-electron chi connectivity index (χ1n) is 8.25. The summed E-state index contributed by atoms with van der Waals surface area (Å²) in [5.41, 5.74) is 2.32. The van der Waals surface area contributed by atoms with E-state index in [-0.39, 0.29) is 17.9 Å². The summed E-state index contributed by atoms with van der Waals surface area (Å²) in [6.45, 7) is 4.13. The van der Waals surface area contributed by atoms with Crippen molar-refractivity contribution in [1.82, 2.24) is 5.32 Å². The first-order chi connectivity index (χ1) is 11.7. The fraction of sp³-hybridized carbons (Fsp3) is 0.421. The number of thiophene rings is 1. The second-order valence-electron chi connectivity index (χ2n) is 6.24. The molecule has 1 amide bonds. The largest absolute Gasteiger partial charge is 0.484 e. The Bertz CT molecular complexity index is 663. The van der Waals surface area contributed by atoms with Gasteiger partial charge in [0, 0.05) is 25.2 Å². The Kier molecular flexibility index (Phi) is 5.53. The molecule has 2 heterocycles. The van der Waals surface area contributed by atoms with Crippen LogP contribution in [0.25, 0.3) is 0 Å². The van der Waals surface area contributed by atoms with Gasteiger partial charge in [0.05, 0.1) is 0 Å². The van der Waals surface area contributed by atoms with E-state index in [2.05, 4.69) is 22.1 Å². The Morgan fingerprint density at radius 1 is 1.29 bits per heavy atom. The van der Waals surface area contributed by atoms with Crippen LogP contribution in [0.5, 0.6) is 5.75 Å². The van der Waals surface area contributed by atoms with E-state index < -0.39 is 0 Å². The van der Waals surface area contributed by atoms with Crippen LogP contribution >= 0.6 is 11.3 Å². The van der Waals surface area contributed by atoms with Crippen LogP contribution in [-0.2, 0) is 14.9 Å². The van der Waals surface area contributed by atoms with Gasteiger partial charge in [0.2, 0.25) is 0 Å². The first kappa shape index (κ1) is 17.0. The number of benzene rings is 1. The topological polar surface area (TPSA) is 47.6 Å². The molecule has 1 saturated heterocycles. The number of hydrogen-bond donors (Lipinski definition) is 1. The Hall–Kier alpha value is -1.85. The van der Waals surface area contributed by atoms with E-state index in [0.717, 1.165) is 37.4 Å². The zero-order valence-electron chi connectivity index (χ0n) is 13.9. The predicted molar refractivity (Wildman–Crippen MR) is 95.7 cm³/mol. The van der Waals surface area contributed by atoms with E-state index in [1.54, 1.807) is 11.3 Å². The molecule has 0 saturated carbocycles. The van der Waals surface area contributed by atoms with Crippen LogP contribution in [0.4, 0.5) is 0 Å². The molecule has 0 atom stereocenters. The van der Waals surface area contributed by atoms with Gasteiger partial charge in [-0.15, -0.1) is 0 Å². The van der Waals surface area contributed by atoms with Crippen molar-refractivity contribution < 1.29 is 14.3 Å². The predicted octanol–water partition coefficient (Wildman–Crippen LogP) is 3.30. The van der Waals surface area contributed by atoms with Gasteiger partial charge >= 0.3 is 0 Å². The summed E-state index contributed by atoms with van der Waals surface area (Å²) in [6.07, 6.45) is 1.87. The molecule has 1 aliphatic heterocycles. The highest BCUT2D eigenvalue weighted by molar-refractivity contribution is 7.08. The standard InChI is InChI=1S/C19H23NO3S/c1-15-4-2-3-5-17(15)23-12-18(21)20-14-19(7-9-22-10-8-19)16-6-11-24-13-16/h2-6,11,13H,7-10,12,14H2,1H3,(H,20,21). The van der Waals surface area contributed by atoms with E-state index in [1.165, 1.54) is 5.56 Å². The van der Waals surface area contributed by atoms with Gasteiger partial charge in [-0.3, -0.25) is 4.79 Å². The molecule has 24 heavy (non-hydrogen) atoms.